The normalized spacial score (nSPS) is 18.2. The number of anilines is 1. The van der Waals surface area contributed by atoms with Crippen LogP contribution < -0.4 is 5.32 Å². The van der Waals surface area contributed by atoms with Gasteiger partial charge in [0.15, 0.2) is 0 Å². The first kappa shape index (κ1) is 9.07. The van der Waals surface area contributed by atoms with Crippen LogP contribution in [0.5, 0.6) is 0 Å². The standard InChI is InChI=1S/C11H14BrN/c1-7-4-8-10(9(12)5-7)13-6-11(8,2)3/h4-5,13H,6H2,1-3H3. The van der Waals surface area contributed by atoms with Crippen molar-refractivity contribution >= 4 is 21.6 Å². The molecule has 1 heterocycles. The zero-order chi connectivity index (χ0) is 9.64. The second-order valence-corrected chi connectivity index (χ2v) is 5.26. The van der Waals surface area contributed by atoms with Gasteiger partial charge in [-0.2, -0.15) is 0 Å². The fourth-order valence-corrected chi connectivity index (χ4v) is 2.58. The number of benzene rings is 1. The molecule has 0 saturated heterocycles. The Hall–Kier alpha value is -0.500. The van der Waals surface area contributed by atoms with Crippen molar-refractivity contribution in [2.24, 2.45) is 0 Å². The van der Waals surface area contributed by atoms with Crippen molar-refractivity contribution in [1.82, 2.24) is 0 Å². The molecule has 70 valence electrons. The number of halogens is 1. The average Bonchev–Trinajstić information content (AvgIpc) is 2.28. The third kappa shape index (κ3) is 1.37. The maximum atomic E-state index is 3.59. The molecule has 1 aromatic rings. The SMILES string of the molecule is Cc1cc(Br)c2c(c1)C(C)(C)CN2. The van der Waals surface area contributed by atoms with E-state index in [0.717, 1.165) is 6.54 Å². The molecule has 1 aliphatic rings. The lowest BCUT2D eigenvalue weighted by Gasteiger charge is -2.17. The molecule has 1 nitrogen and oxygen atoms in total. The van der Waals surface area contributed by atoms with Crippen LogP contribution in [0, 0.1) is 6.92 Å². The molecule has 1 aromatic carbocycles. The first-order valence-corrected chi connectivity index (χ1v) is 5.34. The highest BCUT2D eigenvalue weighted by Gasteiger charge is 2.30. The molecule has 0 bridgehead atoms. The van der Waals surface area contributed by atoms with Gasteiger partial charge in [0.2, 0.25) is 0 Å². The van der Waals surface area contributed by atoms with Gasteiger partial charge in [-0.1, -0.05) is 19.9 Å². The number of rotatable bonds is 0. The summed E-state index contributed by atoms with van der Waals surface area (Å²) in [6.45, 7) is 7.72. The Kier molecular flexibility index (Phi) is 1.91. The molecule has 0 aromatic heterocycles. The van der Waals surface area contributed by atoms with E-state index in [4.69, 9.17) is 0 Å². The van der Waals surface area contributed by atoms with Crippen LogP contribution in [0.1, 0.15) is 25.0 Å². The lowest BCUT2D eigenvalue weighted by molar-refractivity contribution is 0.586. The van der Waals surface area contributed by atoms with E-state index in [1.54, 1.807) is 0 Å². The van der Waals surface area contributed by atoms with Gasteiger partial charge in [0, 0.05) is 16.4 Å². The largest absolute Gasteiger partial charge is 0.383 e. The van der Waals surface area contributed by atoms with Crippen LogP contribution in [0.3, 0.4) is 0 Å². The summed E-state index contributed by atoms with van der Waals surface area (Å²) in [5.41, 5.74) is 4.29. The lowest BCUT2D eigenvalue weighted by atomic mass is 9.86. The second-order valence-electron chi connectivity index (χ2n) is 4.41. The maximum absolute atomic E-state index is 3.59. The molecular weight excluding hydrogens is 226 g/mol. The van der Waals surface area contributed by atoms with E-state index in [1.807, 2.05) is 0 Å². The minimum atomic E-state index is 0.268. The van der Waals surface area contributed by atoms with Gasteiger partial charge in [-0.3, -0.25) is 0 Å². The van der Waals surface area contributed by atoms with Gasteiger partial charge in [0.1, 0.15) is 0 Å². The van der Waals surface area contributed by atoms with Crippen LogP contribution in [-0.4, -0.2) is 6.54 Å². The Labute approximate surface area is 87.7 Å². The van der Waals surface area contributed by atoms with E-state index in [2.05, 4.69) is 54.2 Å². The molecule has 2 heteroatoms. The predicted octanol–water partition coefficient (Wildman–Crippen LogP) is 3.46. The van der Waals surface area contributed by atoms with Gasteiger partial charge >= 0.3 is 0 Å². The summed E-state index contributed by atoms with van der Waals surface area (Å²) >= 11 is 3.59. The summed E-state index contributed by atoms with van der Waals surface area (Å²) in [4.78, 5) is 0. The minimum Gasteiger partial charge on any atom is -0.383 e. The zero-order valence-electron chi connectivity index (χ0n) is 8.24. The van der Waals surface area contributed by atoms with Crippen molar-refractivity contribution in [2.45, 2.75) is 26.2 Å². The zero-order valence-corrected chi connectivity index (χ0v) is 9.83. The fourth-order valence-electron chi connectivity index (χ4n) is 1.86. The summed E-state index contributed by atoms with van der Waals surface area (Å²) in [7, 11) is 0. The summed E-state index contributed by atoms with van der Waals surface area (Å²) < 4.78 is 1.19. The van der Waals surface area contributed by atoms with Crippen molar-refractivity contribution in [3.8, 4) is 0 Å². The van der Waals surface area contributed by atoms with E-state index < -0.39 is 0 Å². The maximum Gasteiger partial charge on any atom is 0.0523 e. The van der Waals surface area contributed by atoms with Gasteiger partial charge in [-0.25, -0.2) is 0 Å². The molecule has 0 saturated carbocycles. The van der Waals surface area contributed by atoms with Gasteiger partial charge in [0.25, 0.3) is 0 Å². The monoisotopic (exact) mass is 239 g/mol. The summed E-state index contributed by atoms with van der Waals surface area (Å²) in [6, 6.07) is 4.44. The van der Waals surface area contributed by atoms with E-state index in [0.29, 0.717) is 0 Å². The van der Waals surface area contributed by atoms with Crippen LogP contribution in [0.15, 0.2) is 16.6 Å². The van der Waals surface area contributed by atoms with Crippen molar-refractivity contribution in [3.63, 3.8) is 0 Å². The van der Waals surface area contributed by atoms with Crippen LogP contribution in [0.2, 0.25) is 0 Å². The Balaban J connectivity index is 2.65. The molecule has 1 N–H and O–H groups in total. The first-order chi connectivity index (χ1) is 6.00. The molecular formula is C11H14BrN. The topological polar surface area (TPSA) is 12.0 Å². The second kappa shape index (κ2) is 2.74. The number of aryl methyl sites for hydroxylation is 1. The number of hydrogen-bond donors (Lipinski definition) is 1. The molecule has 0 atom stereocenters. The highest BCUT2D eigenvalue weighted by molar-refractivity contribution is 9.10. The first-order valence-electron chi connectivity index (χ1n) is 4.55. The molecule has 0 aliphatic carbocycles. The quantitative estimate of drug-likeness (QED) is 0.732. The van der Waals surface area contributed by atoms with Crippen molar-refractivity contribution in [1.29, 1.82) is 0 Å². The smallest absolute Gasteiger partial charge is 0.0523 e. The van der Waals surface area contributed by atoms with E-state index >= 15 is 0 Å². The van der Waals surface area contributed by atoms with E-state index in [-0.39, 0.29) is 5.41 Å². The molecule has 0 radical (unpaired) electrons. The van der Waals surface area contributed by atoms with Crippen LogP contribution in [0.25, 0.3) is 0 Å². The van der Waals surface area contributed by atoms with Gasteiger partial charge in [0.05, 0.1) is 5.69 Å². The van der Waals surface area contributed by atoms with Crippen LogP contribution in [0.4, 0.5) is 5.69 Å². The summed E-state index contributed by atoms with van der Waals surface area (Å²) in [6.07, 6.45) is 0. The summed E-state index contributed by atoms with van der Waals surface area (Å²) in [5, 5.41) is 3.44. The van der Waals surface area contributed by atoms with Crippen molar-refractivity contribution < 1.29 is 0 Å². The van der Waals surface area contributed by atoms with Gasteiger partial charge in [-0.15, -0.1) is 0 Å². The number of nitrogens with one attached hydrogen (secondary N) is 1. The Bertz CT molecular complexity index is 355. The van der Waals surface area contributed by atoms with E-state index in [9.17, 15) is 0 Å². The van der Waals surface area contributed by atoms with Gasteiger partial charge in [-0.05, 0) is 40.0 Å². The third-order valence-electron chi connectivity index (χ3n) is 2.67. The van der Waals surface area contributed by atoms with Crippen LogP contribution >= 0.6 is 15.9 Å². The highest BCUT2D eigenvalue weighted by Crippen LogP contribution is 2.41. The molecule has 0 unspecified atom stereocenters. The Morgan fingerprint density at radius 3 is 2.77 bits per heavy atom. The minimum absolute atomic E-state index is 0.268. The Morgan fingerprint density at radius 2 is 2.08 bits per heavy atom. The van der Waals surface area contributed by atoms with Gasteiger partial charge < -0.3 is 5.32 Å². The van der Waals surface area contributed by atoms with Crippen molar-refractivity contribution in [2.75, 3.05) is 11.9 Å². The molecule has 0 fully saturated rings. The molecule has 0 spiro atoms. The summed E-state index contributed by atoms with van der Waals surface area (Å²) in [5.74, 6) is 0. The predicted molar refractivity (Wildman–Crippen MR) is 60.4 cm³/mol. The number of fused-ring (bicyclic) bond motifs is 1. The molecule has 13 heavy (non-hydrogen) atoms. The molecule has 1 aliphatic heterocycles. The molecule has 2 rings (SSSR count). The van der Waals surface area contributed by atoms with E-state index in [1.165, 1.54) is 21.3 Å². The highest BCUT2D eigenvalue weighted by atomic mass is 79.9. The fraction of sp³-hybridized carbons (Fsp3) is 0.455. The number of hydrogen-bond acceptors (Lipinski definition) is 1. The third-order valence-corrected chi connectivity index (χ3v) is 3.30. The Morgan fingerprint density at radius 1 is 1.38 bits per heavy atom. The average molecular weight is 240 g/mol. The van der Waals surface area contributed by atoms with Crippen molar-refractivity contribution in [3.05, 3.63) is 27.7 Å². The lowest BCUT2D eigenvalue weighted by Crippen LogP contribution is -2.18. The molecule has 0 amide bonds. The van der Waals surface area contributed by atoms with Crippen LogP contribution in [-0.2, 0) is 5.41 Å².